The van der Waals surface area contributed by atoms with E-state index < -0.39 is 0 Å². The molecule has 1 aliphatic carbocycles. The van der Waals surface area contributed by atoms with Gasteiger partial charge in [-0.05, 0) is 32.1 Å². The fourth-order valence-electron chi connectivity index (χ4n) is 2.40. The molecule has 118 valence electrons. The maximum atomic E-state index is 4.87. The molecule has 1 aliphatic rings. The number of anilines is 2. The Balaban J connectivity index is 2.35. The highest BCUT2D eigenvalue weighted by molar-refractivity contribution is 5.58. The van der Waals surface area contributed by atoms with Crippen LogP contribution in [0.1, 0.15) is 58.3 Å². The second kappa shape index (κ2) is 6.20. The Kier molecular flexibility index (Phi) is 4.74. The highest BCUT2D eigenvalue weighted by Crippen LogP contribution is 2.33. The molecule has 21 heavy (non-hydrogen) atoms. The van der Waals surface area contributed by atoms with Crippen LogP contribution >= 0.6 is 0 Å². The molecule has 0 spiro atoms. The van der Waals surface area contributed by atoms with E-state index in [9.17, 15) is 0 Å². The zero-order valence-corrected chi connectivity index (χ0v) is 14.5. The Bertz CT molecular complexity index is 486. The van der Waals surface area contributed by atoms with Crippen LogP contribution in [-0.2, 0) is 5.41 Å². The zero-order valence-electron chi connectivity index (χ0n) is 14.5. The molecule has 0 unspecified atom stereocenters. The Labute approximate surface area is 129 Å². The number of hydrogen-bond donors (Lipinski definition) is 1. The van der Waals surface area contributed by atoms with Crippen LogP contribution in [0.5, 0.6) is 0 Å². The predicted molar refractivity (Wildman–Crippen MR) is 90.2 cm³/mol. The van der Waals surface area contributed by atoms with Crippen LogP contribution in [0, 0.1) is 12.8 Å². The maximum absolute atomic E-state index is 4.87. The predicted octanol–water partition coefficient (Wildman–Crippen LogP) is 3.75. The molecule has 0 aliphatic heterocycles. The van der Waals surface area contributed by atoms with Gasteiger partial charge in [-0.3, -0.25) is 0 Å². The summed E-state index contributed by atoms with van der Waals surface area (Å²) in [4.78, 5) is 11.9. The van der Waals surface area contributed by atoms with Crippen molar-refractivity contribution in [1.82, 2.24) is 9.97 Å². The molecule has 2 rings (SSSR count). The Morgan fingerprint density at radius 2 is 1.90 bits per heavy atom. The summed E-state index contributed by atoms with van der Waals surface area (Å²) in [5.41, 5.74) is 1.13. The fourth-order valence-corrected chi connectivity index (χ4v) is 2.40. The first-order chi connectivity index (χ1) is 9.82. The first-order valence-electron chi connectivity index (χ1n) is 8.17. The monoisotopic (exact) mass is 290 g/mol. The standard InChI is InChI=1S/C17H30N4/c1-7-10-18-14-12(2)15(21(6)11-13-8-9-13)20-16(19-14)17(3,4)5/h13H,7-11H2,1-6H3,(H,18,19,20). The van der Waals surface area contributed by atoms with Crippen LogP contribution in [0.25, 0.3) is 0 Å². The van der Waals surface area contributed by atoms with Gasteiger partial charge in [0.2, 0.25) is 0 Å². The molecule has 1 heterocycles. The van der Waals surface area contributed by atoms with Crippen molar-refractivity contribution in [3.05, 3.63) is 11.4 Å². The average Bonchev–Trinajstić information content (AvgIpc) is 3.20. The SMILES string of the molecule is CCCNc1nc(C(C)(C)C)nc(N(C)CC2CC2)c1C. The number of hydrogen-bond acceptors (Lipinski definition) is 4. The van der Waals surface area contributed by atoms with Gasteiger partial charge in [0.1, 0.15) is 17.5 Å². The van der Waals surface area contributed by atoms with Gasteiger partial charge in [-0.25, -0.2) is 9.97 Å². The van der Waals surface area contributed by atoms with Gasteiger partial charge < -0.3 is 10.2 Å². The lowest BCUT2D eigenvalue weighted by atomic mass is 9.95. The second-order valence-corrected chi connectivity index (χ2v) is 7.35. The molecule has 4 heteroatoms. The van der Waals surface area contributed by atoms with Gasteiger partial charge in [0.15, 0.2) is 0 Å². The van der Waals surface area contributed by atoms with Crippen LogP contribution in [0.15, 0.2) is 0 Å². The first-order valence-corrected chi connectivity index (χ1v) is 8.17. The van der Waals surface area contributed by atoms with Crippen molar-refractivity contribution in [2.75, 3.05) is 30.4 Å². The lowest BCUT2D eigenvalue weighted by Crippen LogP contribution is -2.26. The molecule has 0 bridgehead atoms. The Morgan fingerprint density at radius 1 is 1.24 bits per heavy atom. The molecule has 0 aromatic carbocycles. The van der Waals surface area contributed by atoms with Gasteiger partial charge in [-0.1, -0.05) is 27.7 Å². The van der Waals surface area contributed by atoms with Crippen molar-refractivity contribution in [3.8, 4) is 0 Å². The van der Waals surface area contributed by atoms with E-state index in [1.54, 1.807) is 0 Å². The molecule has 1 aromatic rings. The molecule has 0 saturated heterocycles. The van der Waals surface area contributed by atoms with Crippen molar-refractivity contribution in [2.24, 2.45) is 5.92 Å². The topological polar surface area (TPSA) is 41.1 Å². The van der Waals surface area contributed by atoms with Gasteiger partial charge in [-0.2, -0.15) is 0 Å². The van der Waals surface area contributed by atoms with E-state index in [2.05, 4.69) is 51.9 Å². The van der Waals surface area contributed by atoms with Crippen LogP contribution in [0.2, 0.25) is 0 Å². The molecule has 1 saturated carbocycles. The van der Waals surface area contributed by atoms with Gasteiger partial charge in [0.05, 0.1) is 0 Å². The third kappa shape index (κ3) is 4.08. The molecule has 0 atom stereocenters. The summed E-state index contributed by atoms with van der Waals surface area (Å²) >= 11 is 0. The summed E-state index contributed by atoms with van der Waals surface area (Å²) in [7, 11) is 2.16. The van der Waals surface area contributed by atoms with E-state index in [-0.39, 0.29) is 5.41 Å². The summed E-state index contributed by atoms with van der Waals surface area (Å²) in [6, 6.07) is 0. The molecule has 4 nitrogen and oxygen atoms in total. The summed E-state index contributed by atoms with van der Waals surface area (Å²) in [6.07, 6.45) is 3.82. The van der Waals surface area contributed by atoms with E-state index in [0.717, 1.165) is 42.9 Å². The van der Waals surface area contributed by atoms with Gasteiger partial charge >= 0.3 is 0 Å². The molecular weight excluding hydrogens is 260 g/mol. The Morgan fingerprint density at radius 3 is 2.43 bits per heavy atom. The molecule has 1 fully saturated rings. The van der Waals surface area contributed by atoms with Crippen molar-refractivity contribution in [1.29, 1.82) is 0 Å². The quantitative estimate of drug-likeness (QED) is 0.866. The maximum Gasteiger partial charge on any atom is 0.138 e. The summed E-state index contributed by atoms with van der Waals surface area (Å²) in [5, 5.41) is 3.46. The highest BCUT2D eigenvalue weighted by atomic mass is 15.2. The van der Waals surface area contributed by atoms with Crippen LogP contribution < -0.4 is 10.2 Å². The minimum absolute atomic E-state index is 0.0362. The average molecular weight is 290 g/mol. The van der Waals surface area contributed by atoms with Crippen LogP contribution in [0.3, 0.4) is 0 Å². The van der Waals surface area contributed by atoms with Crippen LogP contribution in [-0.4, -0.2) is 30.1 Å². The van der Waals surface area contributed by atoms with E-state index in [1.807, 2.05) is 0 Å². The second-order valence-electron chi connectivity index (χ2n) is 7.35. The largest absolute Gasteiger partial charge is 0.370 e. The molecule has 0 radical (unpaired) electrons. The summed E-state index contributed by atoms with van der Waals surface area (Å²) < 4.78 is 0. The van der Waals surface area contributed by atoms with Crippen molar-refractivity contribution >= 4 is 11.6 Å². The third-order valence-electron chi connectivity index (χ3n) is 3.92. The number of rotatable bonds is 6. The smallest absolute Gasteiger partial charge is 0.138 e. The number of nitrogens with one attached hydrogen (secondary N) is 1. The van der Waals surface area contributed by atoms with Crippen molar-refractivity contribution < 1.29 is 0 Å². The Hall–Kier alpha value is -1.32. The minimum Gasteiger partial charge on any atom is -0.370 e. The number of aromatic nitrogens is 2. The van der Waals surface area contributed by atoms with E-state index in [0.29, 0.717) is 0 Å². The van der Waals surface area contributed by atoms with Gasteiger partial charge in [0.25, 0.3) is 0 Å². The minimum atomic E-state index is -0.0362. The van der Waals surface area contributed by atoms with Crippen molar-refractivity contribution in [2.45, 2.75) is 59.3 Å². The van der Waals surface area contributed by atoms with Gasteiger partial charge in [0, 0.05) is 31.1 Å². The highest BCUT2D eigenvalue weighted by Gasteiger charge is 2.26. The summed E-state index contributed by atoms with van der Waals surface area (Å²) in [6.45, 7) is 12.9. The van der Waals surface area contributed by atoms with Gasteiger partial charge in [-0.15, -0.1) is 0 Å². The zero-order chi connectivity index (χ0) is 15.6. The molecular formula is C17H30N4. The number of nitrogens with zero attached hydrogens (tertiary/aromatic N) is 3. The lowest BCUT2D eigenvalue weighted by molar-refractivity contribution is 0.544. The fraction of sp³-hybridized carbons (Fsp3) is 0.765. The van der Waals surface area contributed by atoms with E-state index in [4.69, 9.17) is 9.97 Å². The molecule has 0 amide bonds. The first kappa shape index (κ1) is 16.1. The summed E-state index contributed by atoms with van der Waals surface area (Å²) in [5.74, 6) is 3.86. The lowest BCUT2D eigenvalue weighted by Gasteiger charge is -2.25. The van der Waals surface area contributed by atoms with Crippen LogP contribution in [0.4, 0.5) is 11.6 Å². The normalized spacial score (nSPS) is 15.1. The molecule has 1 N–H and O–H groups in total. The molecule has 1 aromatic heterocycles. The van der Waals surface area contributed by atoms with E-state index >= 15 is 0 Å². The van der Waals surface area contributed by atoms with Crippen molar-refractivity contribution in [3.63, 3.8) is 0 Å². The third-order valence-corrected chi connectivity index (χ3v) is 3.92. The van der Waals surface area contributed by atoms with E-state index in [1.165, 1.54) is 18.4 Å².